The maximum atomic E-state index is 15.8. The molecule has 21 heteroatoms. The van der Waals surface area contributed by atoms with Crippen LogP contribution in [0.5, 0.6) is 17.2 Å². The third-order valence-corrected chi connectivity index (χ3v) is 14.3. The maximum Gasteiger partial charge on any atom is 0.410 e. The summed E-state index contributed by atoms with van der Waals surface area (Å²) in [6.45, 7) is 10.5. The smallest absolute Gasteiger partial charge is 0.410 e. The number of hydrazone groups is 1. The van der Waals surface area contributed by atoms with Gasteiger partial charge in [0.05, 0.1) is 56.9 Å². The number of likely N-dealkylation sites (tertiary alicyclic amines) is 1. The number of amides is 2. The molecular weight excluding hydrogens is 1000 g/mol. The van der Waals surface area contributed by atoms with Crippen molar-refractivity contribution in [2.45, 2.75) is 94.3 Å². The number of nitrogens with one attached hydrogen (secondary N) is 4. The van der Waals surface area contributed by atoms with Crippen molar-refractivity contribution in [2.75, 3.05) is 34.4 Å². The van der Waals surface area contributed by atoms with Gasteiger partial charge in [0.15, 0.2) is 15.6 Å². The van der Waals surface area contributed by atoms with E-state index in [1.807, 2.05) is 46.9 Å². The fourth-order valence-corrected chi connectivity index (χ4v) is 11.2. The second-order valence-corrected chi connectivity index (χ2v) is 21.7. The van der Waals surface area contributed by atoms with E-state index < -0.39 is 56.9 Å². The number of hydrazine groups is 2. The molecule has 0 radical (unpaired) electrons. The van der Waals surface area contributed by atoms with Crippen LogP contribution in [0.4, 0.5) is 9.59 Å². The van der Waals surface area contributed by atoms with Crippen molar-refractivity contribution in [3.8, 4) is 17.2 Å². The number of rotatable bonds is 16. The Morgan fingerprint density at radius 3 is 1.79 bits per heavy atom. The lowest BCUT2D eigenvalue weighted by atomic mass is 10.2. The highest BCUT2D eigenvalue weighted by molar-refractivity contribution is 14.1. The molecule has 0 aliphatic carbocycles. The zero-order valence-corrected chi connectivity index (χ0v) is 42.1. The first-order valence-electron chi connectivity index (χ1n) is 20.9. The Morgan fingerprint density at radius 1 is 0.788 bits per heavy atom. The number of methoxy groups -OCH3 is 3. The van der Waals surface area contributed by atoms with Gasteiger partial charge >= 0.3 is 12.2 Å². The number of sulfonamides is 1. The molecule has 6 rings (SSSR count). The molecule has 0 bridgehead atoms. The largest absolute Gasteiger partial charge is 0.593 e. The van der Waals surface area contributed by atoms with Crippen LogP contribution >= 0.6 is 22.6 Å². The van der Waals surface area contributed by atoms with Crippen LogP contribution in [-0.4, -0.2) is 103 Å². The van der Waals surface area contributed by atoms with Gasteiger partial charge in [-0.05, 0) is 129 Å². The quantitative estimate of drug-likeness (QED) is 0.0748. The molecule has 18 nitrogen and oxygen atoms in total. The molecular formula is C45H57IN8O10S2. The molecule has 356 valence electrons. The Balaban J connectivity index is 1.43. The summed E-state index contributed by atoms with van der Waals surface area (Å²) in [6, 6.07) is 23.0. The minimum atomic E-state index is -4.63. The molecule has 1 saturated heterocycles. The number of halogens is 1. The van der Waals surface area contributed by atoms with Crippen LogP contribution in [0.15, 0.2) is 99.8 Å². The summed E-state index contributed by atoms with van der Waals surface area (Å²) in [5.74, 6) is 2.04. The van der Waals surface area contributed by atoms with Crippen LogP contribution in [0.1, 0.15) is 63.8 Å². The van der Waals surface area contributed by atoms with E-state index in [1.165, 1.54) is 15.3 Å². The van der Waals surface area contributed by atoms with E-state index in [-0.39, 0.29) is 47.4 Å². The summed E-state index contributed by atoms with van der Waals surface area (Å²) < 4.78 is 78.7. The van der Waals surface area contributed by atoms with Gasteiger partial charge in [-0.3, -0.25) is 5.43 Å². The maximum absolute atomic E-state index is 15.8. The molecule has 3 atom stereocenters. The Kier molecular flexibility index (Phi) is 16.2. The van der Waals surface area contributed by atoms with Gasteiger partial charge in [-0.15, -0.1) is 14.9 Å². The highest BCUT2D eigenvalue weighted by atomic mass is 127. The molecule has 2 heterocycles. The number of carbonyl (C=O) groups is 2. The van der Waals surface area contributed by atoms with Crippen molar-refractivity contribution in [3.63, 3.8) is 0 Å². The second kappa shape index (κ2) is 21.3. The monoisotopic (exact) mass is 1060 g/mol. The number of hydrogen-bond donors (Lipinski definition) is 4. The van der Waals surface area contributed by atoms with Gasteiger partial charge in [0.2, 0.25) is 10.0 Å². The lowest BCUT2D eigenvalue weighted by Crippen LogP contribution is -2.52. The molecule has 0 spiro atoms. The lowest BCUT2D eigenvalue weighted by Gasteiger charge is -2.27. The van der Waals surface area contributed by atoms with Crippen molar-refractivity contribution in [1.29, 1.82) is 0 Å². The third-order valence-electron chi connectivity index (χ3n) is 10.1. The van der Waals surface area contributed by atoms with Crippen LogP contribution in [0.3, 0.4) is 0 Å². The van der Waals surface area contributed by atoms with Crippen LogP contribution < -0.4 is 35.2 Å². The standard InChI is InChI=1S/C45H57IN8O10S2/c1-44(2,3)63-42(55)47-36-27-52(43(56)64-45(4,5)6)28-37(36)50-65(57)38-23-22-35(46)39(41-48-51-54(49-41)26-31-14-20-34(62-9)21-15-31)40(38)66(58,59)53(24-29-10-16-32(60-7)17-11-29)25-30-12-18-33(61-8)19-13-30/h10-23,36-37,50-51H,24-28H2,1-9H3,(H,47,55)(H,48,49)/t36-,37-,65?/m1/s1. The molecule has 2 aliphatic heterocycles. The number of carbonyl (C=O) groups excluding carboxylic acids is 2. The molecule has 0 aromatic heterocycles. The summed E-state index contributed by atoms with van der Waals surface area (Å²) in [7, 11) is 0.0514. The molecule has 4 aromatic carbocycles. The zero-order valence-electron chi connectivity index (χ0n) is 38.3. The first kappa shape index (κ1) is 50.4. The minimum Gasteiger partial charge on any atom is -0.593 e. The number of ether oxygens (including phenoxy) is 5. The zero-order chi connectivity index (χ0) is 48.0. The molecule has 1 fully saturated rings. The minimum absolute atomic E-state index is 0.0138. The molecule has 0 saturated carbocycles. The van der Waals surface area contributed by atoms with Crippen molar-refractivity contribution in [1.82, 2.24) is 35.3 Å². The molecule has 2 aliphatic rings. The van der Waals surface area contributed by atoms with Crippen molar-refractivity contribution in [2.24, 2.45) is 5.10 Å². The number of nitrogens with zero attached hydrogens (tertiary/aromatic N) is 4. The topological polar surface area (TPSA) is 208 Å². The van der Waals surface area contributed by atoms with Crippen LogP contribution in [0.25, 0.3) is 0 Å². The fourth-order valence-electron chi connectivity index (χ4n) is 6.98. The van der Waals surface area contributed by atoms with Crippen molar-refractivity contribution in [3.05, 3.63) is 111 Å². The summed E-state index contributed by atoms with van der Waals surface area (Å²) in [5.41, 5.74) is 6.88. The number of alkyl carbamates (subject to hydrolysis) is 1. The SMILES string of the molecule is COc1ccc(CN2NN=C(c3c(I)ccc([S+]([O-])N[C@@H]4CN(C(=O)OC(C)(C)C)C[C@H]4NC(=O)OC(C)(C)C)c3S(=O)(=O)N(Cc3ccc(OC)cc3)Cc3ccc(OC)cc3)N2)cc1. The average molecular weight is 1060 g/mol. The van der Waals surface area contributed by atoms with Crippen molar-refractivity contribution >= 4 is 62.0 Å². The Labute approximate surface area is 403 Å². The highest BCUT2D eigenvalue weighted by Crippen LogP contribution is 2.35. The lowest BCUT2D eigenvalue weighted by molar-refractivity contribution is 0.0281. The first-order valence-corrected chi connectivity index (χ1v) is 24.6. The fraction of sp³-hybridized carbons (Fsp3) is 0.400. The van der Waals surface area contributed by atoms with Gasteiger partial charge in [0, 0.05) is 29.7 Å². The molecule has 4 N–H and O–H groups in total. The Hall–Kier alpha value is -5.04. The van der Waals surface area contributed by atoms with Gasteiger partial charge in [-0.2, -0.15) is 4.31 Å². The predicted octanol–water partition coefficient (Wildman–Crippen LogP) is 6.02. The van der Waals surface area contributed by atoms with E-state index in [0.717, 1.165) is 5.56 Å². The summed E-state index contributed by atoms with van der Waals surface area (Å²) >= 11 is -0.258. The summed E-state index contributed by atoms with van der Waals surface area (Å²) in [4.78, 5) is 27.5. The Morgan fingerprint density at radius 2 is 1.29 bits per heavy atom. The molecule has 4 aromatic rings. The predicted molar refractivity (Wildman–Crippen MR) is 257 cm³/mol. The van der Waals surface area contributed by atoms with Crippen LogP contribution in [-0.2, 0) is 50.5 Å². The third kappa shape index (κ3) is 13.1. The van der Waals surface area contributed by atoms with Gasteiger partial charge in [0.1, 0.15) is 28.5 Å². The molecule has 2 amide bonds. The highest BCUT2D eigenvalue weighted by Gasteiger charge is 2.44. The summed E-state index contributed by atoms with van der Waals surface area (Å²) in [6.07, 6.45) is -1.39. The summed E-state index contributed by atoms with van der Waals surface area (Å²) in [5, 5.41) is 8.97. The van der Waals surface area contributed by atoms with Crippen LogP contribution in [0, 0.1) is 3.57 Å². The van der Waals surface area contributed by atoms with Gasteiger partial charge in [-0.1, -0.05) is 36.4 Å². The van der Waals surface area contributed by atoms with Gasteiger partial charge in [0.25, 0.3) is 0 Å². The average Bonchev–Trinajstić information content (AvgIpc) is 3.89. The van der Waals surface area contributed by atoms with Gasteiger partial charge in [-0.25, -0.2) is 23.5 Å². The van der Waals surface area contributed by atoms with E-state index >= 15 is 13.0 Å². The van der Waals surface area contributed by atoms with E-state index in [4.69, 9.17) is 23.7 Å². The van der Waals surface area contributed by atoms with E-state index in [9.17, 15) is 9.59 Å². The molecule has 66 heavy (non-hydrogen) atoms. The second-order valence-electron chi connectivity index (χ2n) is 17.5. The van der Waals surface area contributed by atoms with Crippen LogP contribution in [0.2, 0.25) is 0 Å². The number of hydrogen-bond acceptors (Lipinski definition) is 15. The number of benzene rings is 4. The normalized spacial score (nSPS) is 17.1. The van der Waals surface area contributed by atoms with Gasteiger partial charge < -0.3 is 38.5 Å². The van der Waals surface area contributed by atoms with Crippen molar-refractivity contribution < 1.29 is 46.2 Å². The van der Waals surface area contributed by atoms with E-state index in [0.29, 0.717) is 38.5 Å². The number of amidine groups is 1. The van der Waals surface area contributed by atoms with E-state index in [2.05, 4.69) is 26.1 Å². The Bertz CT molecular complexity index is 2420. The van der Waals surface area contributed by atoms with E-state index in [1.54, 1.807) is 123 Å². The molecule has 1 unspecified atom stereocenters. The first-order chi connectivity index (χ1) is 31.2.